The lowest BCUT2D eigenvalue weighted by molar-refractivity contribution is 0.0936. The van der Waals surface area contributed by atoms with E-state index < -0.39 is 11.9 Å². The molecular weight excluding hydrogens is 276 g/mol. The smallest absolute Gasteiger partial charge is 0.322 e. The van der Waals surface area contributed by atoms with Crippen LogP contribution < -0.4 is 20.1 Å². The van der Waals surface area contributed by atoms with E-state index in [0.717, 1.165) is 5.56 Å². The summed E-state index contributed by atoms with van der Waals surface area (Å²) >= 11 is 0. The van der Waals surface area contributed by atoms with Crippen molar-refractivity contribution in [3.05, 3.63) is 47.9 Å². The van der Waals surface area contributed by atoms with Gasteiger partial charge in [0, 0.05) is 6.54 Å². The van der Waals surface area contributed by atoms with Crippen LogP contribution in [0.15, 0.2) is 41.0 Å². The molecule has 0 atom stereocenters. The number of hydrogen-bond acceptors (Lipinski definition) is 5. The molecule has 7 nitrogen and oxygen atoms in total. The zero-order valence-electron chi connectivity index (χ0n) is 10.9. The van der Waals surface area contributed by atoms with Crippen molar-refractivity contribution < 1.29 is 23.5 Å². The van der Waals surface area contributed by atoms with E-state index in [0.29, 0.717) is 11.5 Å². The number of rotatable bonds is 3. The molecule has 2 aromatic rings. The van der Waals surface area contributed by atoms with Crippen molar-refractivity contribution in [1.29, 1.82) is 0 Å². The van der Waals surface area contributed by atoms with Crippen LogP contribution in [0.2, 0.25) is 0 Å². The van der Waals surface area contributed by atoms with Crippen LogP contribution in [0.3, 0.4) is 0 Å². The first-order valence-corrected chi connectivity index (χ1v) is 6.23. The number of imide groups is 1. The molecule has 0 spiro atoms. The fourth-order valence-electron chi connectivity index (χ4n) is 1.85. The Morgan fingerprint density at radius 2 is 2.00 bits per heavy atom. The van der Waals surface area contributed by atoms with Gasteiger partial charge in [-0.2, -0.15) is 0 Å². The summed E-state index contributed by atoms with van der Waals surface area (Å²) in [5.74, 6) is 0.800. The van der Waals surface area contributed by atoms with Crippen molar-refractivity contribution in [2.45, 2.75) is 6.54 Å². The summed E-state index contributed by atoms with van der Waals surface area (Å²) in [6.07, 6.45) is 1.36. The van der Waals surface area contributed by atoms with Crippen LogP contribution in [0.1, 0.15) is 16.1 Å². The van der Waals surface area contributed by atoms with Crippen molar-refractivity contribution >= 4 is 11.9 Å². The monoisotopic (exact) mass is 288 g/mol. The fraction of sp³-hybridized carbons (Fsp3) is 0.143. The maximum absolute atomic E-state index is 11.6. The molecule has 1 aromatic carbocycles. The topological polar surface area (TPSA) is 89.8 Å². The SMILES string of the molecule is O=C(NCc1ccc2c(c1)OCO2)NC(=O)c1ccco1. The third-order valence-electron chi connectivity index (χ3n) is 2.86. The van der Waals surface area contributed by atoms with Gasteiger partial charge in [-0.05, 0) is 29.8 Å². The minimum Gasteiger partial charge on any atom is -0.459 e. The molecule has 0 radical (unpaired) electrons. The lowest BCUT2D eigenvalue weighted by atomic mass is 10.2. The largest absolute Gasteiger partial charge is 0.459 e. The zero-order chi connectivity index (χ0) is 14.7. The van der Waals surface area contributed by atoms with Gasteiger partial charge in [0.15, 0.2) is 17.3 Å². The highest BCUT2D eigenvalue weighted by molar-refractivity contribution is 6.02. The molecule has 0 saturated carbocycles. The first-order valence-electron chi connectivity index (χ1n) is 6.23. The number of benzene rings is 1. The molecule has 0 unspecified atom stereocenters. The molecule has 3 amide bonds. The fourth-order valence-corrected chi connectivity index (χ4v) is 1.85. The quantitative estimate of drug-likeness (QED) is 0.896. The van der Waals surface area contributed by atoms with Crippen LogP contribution >= 0.6 is 0 Å². The molecule has 21 heavy (non-hydrogen) atoms. The Balaban J connectivity index is 1.53. The summed E-state index contributed by atoms with van der Waals surface area (Å²) in [5.41, 5.74) is 0.833. The predicted octanol–water partition coefficient (Wildman–Crippen LogP) is 1.65. The van der Waals surface area contributed by atoms with Gasteiger partial charge in [-0.3, -0.25) is 10.1 Å². The minimum absolute atomic E-state index is 0.0771. The van der Waals surface area contributed by atoms with E-state index in [1.807, 2.05) is 6.07 Å². The number of nitrogens with one attached hydrogen (secondary N) is 2. The normalized spacial score (nSPS) is 12.0. The Labute approximate surface area is 119 Å². The van der Waals surface area contributed by atoms with Crippen molar-refractivity contribution in [2.75, 3.05) is 6.79 Å². The number of urea groups is 1. The summed E-state index contributed by atoms with van der Waals surface area (Å²) in [5, 5.41) is 4.74. The van der Waals surface area contributed by atoms with E-state index in [2.05, 4.69) is 10.6 Å². The van der Waals surface area contributed by atoms with Crippen LogP contribution in [-0.4, -0.2) is 18.7 Å². The molecule has 1 aliphatic rings. The van der Waals surface area contributed by atoms with Gasteiger partial charge in [-0.1, -0.05) is 6.07 Å². The molecule has 1 aromatic heterocycles. The highest BCUT2D eigenvalue weighted by Crippen LogP contribution is 2.32. The van der Waals surface area contributed by atoms with E-state index in [-0.39, 0.29) is 19.1 Å². The highest BCUT2D eigenvalue weighted by Gasteiger charge is 2.14. The highest BCUT2D eigenvalue weighted by atomic mass is 16.7. The number of carbonyl (C=O) groups is 2. The first kappa shape index (κ1) is 13.0. The molecule has 1 aliphatic heterocycles. The maximum Gasteiger partial charge on any atom is 0.322 e. The van der Waals surface area contributed by atoms with Crippen LogP contribution in [0.25, 0.3) is 0 Å². The molecule has 3 rings (SSSR count). The zero-order valence-corrected chi connectivity index (χ0v) is 10.9. The van der Waals surface area contributed by atoms with Gasteiger partial charge in [0.05, 0.1) is 6.26 Å². The Hall–Kier alpha value is -2.96. The van der Waals surface area contributed by atoms with Gasteiger partial charge < -0.3 is 19.2 Å². The van der Waals surface area contributed by atoms with E-state index in [1.54, 1.807) is 18.2 Å². The van der Waals surface area contributed by atoms with Crippen LogP contribution in [0, 0.1) is 0 Å². The molecule has 0 bridgehead atoms. The van der Waals surface area contributed by atoms with Crippen LogP contribution in [0.4, 0.5) is 4.79 Å². The lowest BCUT2D eigenvalue weighted by Crippen LogP contribution is -2.38. The average molecular weight is 288 g/mol. The summed E-state index contributed by atoms with van der Waals surface area (Å²) < 4.78 is 15.3. The minimum atomic E-state index is -0.603. The van der Waals surface area contributed by atoms with E-state index >= 15 is 0 Å². The van der Waals surface area contributed by atoms with Gasteiger partial charge in [-0.25, -0.2) is 4.79 Å². The van der Waals surface area contributed by atoms with E-state index in [4.69, 9.17) is 13.9 Å². The predicted molar refractivity (Wildman–Crippen MR) is 71.0 cm³/mol. The Morgan fingerprint density at radius 1 is 1.14 bits per heavy atom. The number of hydrogen-bond donors (Lipinski definition) is 2. The summed E-state index contributed by atoms with van der Waals surface area (Å²) in [6.45, 7) is 0.457. The Kier molecular flexibility index (Phi) is 3.46. The standard InChI is InChI=1S/C14H12N2O5/c17-13(11-2-1-5-19-11)16-14(18)15-7-9-3-4-10-12(6-9)21-8-20-10/h1-6H,7-8H2,(H2,15,16,17,18). The van der Waals surface area contributed by atoms with Crippen molar-refractivity contribution in [3.63, 3.8) is 0 Å². The van der Waals surface area contributed by atoms with Gasteiger partial charge in [-0.15, -0.1) is 0 Å². The third kappa shape index (κ3) is 2.97. The Morgan fingerprint density at radius 3 is 2.81 bits per heavy atom. The second-order valence-electron chi connectivity index (χ2n) is 4.30. The summed E-state index contributed by atoms with van der Waals surface area (Å²) in [4.78, 5) is 23.2. The summed E-state index contributed by atoms with van der Waals surface area (Å²) in [7, 11) is 0. The Bertz CT molecular complexity index is 666. The van der Waals surface area contributed by atoms with E-state index in [9.17, 15) is 9.59 Å². The number of furan rings is 1. The van der Waals surface area contributed by atoms with Gasteiger partial charge >= 0.3 is 6.03 Å². The van der Waals surface area contributed by atoms with Crippen LogP contribution in [-0.2, 0) is 6.54 Å². The molecule has 0 fully saturated rings. The molecule has 0 saturated heterocycles. The van der Waals surface area contributed by atoms with Crippen LogP contribution in [0.5, 0.6) is 11.5 Å². The molecular formula is C14H12N2O5. The second-order valence-corrected chi connectivity index (χ2v) is 4.30. The second kappa shape index (κ2) is 5.58. The van der Waals surface area contributed by atoms with E-state index in [1.165, 1.54) is 12.3 Å². The maximum atomic E-state index is 11.6. The van der Waals surface area contributed by atoms with Gasteiger partial charge in [0.1, 0.15) is 0 Å². The number of ether oxygens (including phenoxy) is 2. The molecule has 7 heteroatoms. The van der Waals surface area contributed by atoms with Gasteiger partial charge in [0.2, 0.25) is 6.79 Å². The average Bonchev–Trinajstić information content (AvgIpc) is 3.15. The number of carbonyl (C=O) groups excluding carboxylic acids is 2. The first-order chi connectivity index (χ1) is 10.2. The molecule has 2 N–H and O–H groups in total. The molecule has 0 aliphatic carbocycles. The lowest BCUT2D eigenvalue weighted by Gasteiger charge is -2.06. The van der Waals surface area contributed by atoms with Crippen molar-refractivity contribution in [2.24, 2.45) is 0 Å². The van der Waals surface area contributed by atoms with Crippen molar-refractivity contribution in [1.82, 2.24) is 10.6 Å². The molecule has 108 valence electrons. The third-order valence-corrected chi connectivity index (χ3v) is 2.86. The number of amides is 3. The van der Waals surface area contributed by atoms with Crippen molar-refractivity contribution in [3.8, 4) is 11.5 Å². The van der Waals surface area contributed by atoms with Gasteiger partial charge in [0.25, 0.3) is 5.91 Å². The molecule has 2 heterocycles. The number of fused-ring (bicyclic) bond motifs is 1. The summed E-state index contributed by atoms with van der Waals surface area (Å²) in [6, 6.07) is 7.79.